The van der Waals surface area contributed by atoms with Gasteiger partial charge in [-0.15, -0.1) is 0 Å². The lowest BCUT2D eigenvalue weighted by atomic mass is 9.86. The average molecular weight is 356 g/mol. The van der Waals surface area contributed by atoms with E-state index in [0.717, 1.165) is 43.4 Å². The fourth-order valence-electron chi connectivity index (χ4n) is 3.82. The highest BCUT2D eigenvalue weighted by Crippen LogP contribution is 2.25. The minimum atomic E-state index is -0.574. The van der Waals surface area contributed by atoms with Gasteiger partial charge in [0.15, 0.2) is 0 Å². The Morgan fingerprint density at radius 1 is 1.19 bits per heavy atom. The molecule has 1 amide bonds. The Balaban J connectivity index is 1.87. The Morgan fingerprint density at radius 2 is 1.92 bits per heavy atom. The summed E-state index contributed by atoms with van der Waals surface area (Å²) < 4.78 is 5.47. The minimum Gasteiger partial charge on any atom is -0.422 e. The number of carbonyl (C=O) groups excluding carboxylic acids is 1. The van der Waals surface area contributed by atoms with Crippen molar-refractivity contribution in [3.63, 3.8) is 0 Å². The van der Waals surface area contributed by atoms with Gasteiger partial charge in [0, 0.05) is 36.3 Å². The van der Waals surface area contributed by atoms with E-state index < -0.39 is 5.63 Å². The number of rotatable bonds is 5. The van der Waals surface area contributed by atoms with Crippen molar-refractivity contribution >= 4 is 22.6 Å². The van der Waals surface area contributed by atoms with Crippen LogP contribution in [0.1, 0.15) is 56.8 Å². The highest BCUT2D eigenvalue weighted by atomic mass is 16.4. The molecule has 140 valence electrons. The smallest absolute Gasteiger partial charge is 0.349 e. The lowest BCUT2D eigenvalue weighted by molar-refractivity contribution is 0.0906. The summed E-state index contributed by atoms with van der Waals surface area (Å²) in [5.74, 6) is 0.115. The molecule has 1 fully saturated rings. The van der Waals surface area contributed by atoms with Crippen LogP contribution in [-0.2, 0) is 0 Å². The summed E-state index contributed by atoms with van der Waals surface area (Å²) in [4.78, 5) is 27.2. The van der Waals surface area contributed by atoms with Crippen LogP contribution in [0.3, 0.4) is 0 Å². The van der Waals surface area contributed by atoms with Gasteiger partial charge < -0.3 is 14.6 Å². The predicted molar refractivity (Wildman–Crippen MR) is 105 cm³/mol. The molecule has 0 bridgehead atoms. The van der Waals surface area contributed by atoms with E-state index in [1.54, 1.807) is 6.07 Å². The summed E-state index contributed by atoms with van der Waals surface area (Å²) in [6.07, 6.45) is 4.42. The van der Waals surface area contributed by atoms with Gasteiger partial charge in [-0.1, -0.05) is 19.8 Å². The third kappa shape index (κ3) is 3.76. The number of benzene rings is 1. The van der Waals surface area contributed by atoms with Crippen molar-refractivity contribution in [2.24, 2.45) is 5.92 Å². The number of anilines is 1. The largest absolute Gasteiger partial charge is 0.422 e. The maximum atomic E-state index is 12.6. The molecule has 3 rings (SSSR count). The van der Waals surface area contributed by atoms with E-state index in [0.29, 0.717) is 11.5 Å². The number of hydrogen-bond donors (Lipinski definition) is 1. The average Bonchev–Trinajstić information content (AvgIpc) is 2.64. The molecular formula is C21H28N2O3. The SMILES string of the molecule is CCN(CC)c1ccc2cc(C(=O)N[C@H]3CCCC[C@H]3C)c(=O)oc2c1. The molecule has 0 spiro atoms. The zero-order valence-electron chi connectivity index (χ0n) is 15.9. The zero-order chi connectivity index (χ0) is 18.7. The summed E-state index contributed by atoms with van der Waals surface area (Å²) in [5.41, 5.74) is 1.04. The Kier molecular flexibility index (Phi) is 5.64. The second kappa shape index (κ2) is 7.94. The normalized spacial score (nSPS) is 20.1. The zero-order valence-corrected chi connectivity index (χ0v) is 15.9. The van der Waals surface area contributed by atoms with Crippen LogP contribution in [-0.4, -0.2) is 25.0 Å². The van der Waals surface area contributed by atoms with Gasteiger partial charge in [0.1, 0.15) is 11.1 Å². The number of nitrogens with zero attached hydrogens (tertiary/aromatic N) is 1. The van der Waals surface area contributed by atoms with Crippen molar-refractivity contribution in [1.29, 1.82) is 0 Å². The van der Waals surface area contributed by atoms with Gasteiger partial charge in [-0.2, -0.15) is 0 Å². The topological polar surface area (TPSA) is 62.6 Å². The van der Waals surface area contributed by atoms with Crippen molar-refractivity contribution in [2.75, 3.05) is 18.0 Å². The van der Waals surface area contributed by atoms with E-state index in [1.807, 2.05) is 18.2 Å². The van der Waals surface area contributed by atoms with Gasteiger partial charge in [0.05, 0.1) is 0 Å². The predicted octanol–water partition coefficient (Wildman–Crippen LogP) is 3.95. The van der Waals surface area contributed by atoms with Crippen molar-refractivity contribution in [2.45, 2.75) is 52.5 Å². The molecule has 5 heteroatoms. The highest BCUT2D eigenvalue weighted by Gasteiger charge is 2.24. The third-order valence-corrected chi connectivity index (χ3v) is 5.52. The summed E-state index contributed by atoms with van der Waals surface area (Å²) in [6.45, 7) is 8.09. The van der Waals surface area contributed by atoms with Crippen molar-refractivity contribution in [1.82, 2.24) is 5.32 Å². The van der Waals surface area contributed by atoms with Crippen molar-refractivity contribution < 1.29 is 9.21 Å². The van der Waals surface area contributed by atoms with Crippen LogP contribution in [0, 0.1) is 5.92 Å². The van der Waals surface area contributed by atoms with Crippen molar-refractivity contribution in [3.05, 3.63) is 40.2 Å². The first-order chi connectivity index (χ1) is 12.5. The lowest BCUT2D eigenvalue weighted by Gasteiger charge is -2.29. The molecule has 1 aromatic carbocycles. The van der Waals surface area contributed by atoms with Crippen LogP contribution in [0.5, 0.6) is 0 Å². The quantitative estimate of drug-likeness (QED) is 0.824. The van der Waals surface area contributed by atoms with Crippen molar-refractivity contribution in [3.8, 4) is 0 Å². The van der Waals surface area contributed by atoms with E-state index in [-0.39, 0.29) is 17.5 Å². The second-order valence-corrected chi connectivity index (χ2v) is 7.18. The van der Waals surface area contributed by atoms with E-state index in [1.165, 1.54) is 6.42 Å². The molecule has 0 saturated heterocycles. The maximum Gasteiger partial charge on any atom is 0.349 e. The first-order valence-corrected chi connectivity index (χ1v) is 9.67. The standard InChI is InChI=1S/C21H28N2O3/c1-4-23(5-2)16-11-10-15-12-17(21(25)26-19(15)13-16)20(24)22-18-9-7-6-8-14(18)3/h10-14,18H,4-9H2,1-3H3,(H,22,24)/t14-,18+/m1/s1. The van der Waals surface area contributed by atoms with Crippen LogP contribution in [0.2, 0.25) is 0 Å². The van der Waals surface area contributed by atoms with Gasteiger partial charge in [0.2, 0.25) is 0 Å². The van der Waals surface area contributed by atoms with Crippen LogP contribution < -0.4 is 15.8 Å². The second-order valence-electron chi connectivity index (χ2n) is 7.18. The fourth-order valence-corrected chi connectivity index (χ4v) is 3.82. The number of amides is 1. The summed E-state index contributed by atoms with van der Waals surface area (Å²) in [7, 11) is 0. The van der Waals surface area contributed by atoms with Gasteiger partial charge in [-0.25, -0.2) is 4.79 Å². The molecule has 0 unspecified atom stereocenters. The van der Waals surface area contributed by atoms with E-state index >= 15 is 0 Å². The van der Waals surface area contributed by atoms with Crippen LogP contribution >= 0.6 is 0 Å². The summed E-state index contributed by atoms with van der Waals surface area (Å²) >= 11 is 0. The highest BCUT2D eigenvalue weighted by molar-refractivity contribution is 5.97. The first-order valence-electron chi connectivity index (χ1n) is 9.67. The Hall–Kier alpha value is -2.30. The van der Waals surface area contributed by atoms with E-state index in [9.17, 15) is 9.59 Å². The Bertz CT molecular complexity index is 839. The molecule has 1 N–H and O–H groups in total. The molecule has 2 atom stereocenters. The number of hydrogen-bond acceptors (Lipinski definition) is 4. The van der Waals surface area contributed by atoms with Crippen LogP contribution in [0.15, 0.2) is 33.5 Å². The molecule has 1 heterocycles. The summed E-state index contributed by atoms with van der Waals surface area (Å²) in [5, 5.41) is 3.80. The number of nitrogens with one attached hydrogen (secondary N) is 1. The van der Waals surface area contributed by atoms with Gasteiger partial charge >= 0.3 is 5.63 Å². The molecule has 2 aromatic rings. The van der Waals surface area contributed by atoms with Crippen LogP contribution in [0.25, 0.3) is 11.0 Å². The van der Waals surface area contributed by atoms with Gasteiger partial charge in [0.25, 0.3) is 5.91 Å². The van der Waals surface area contributed by atoms with Gasteiger partial charge in [-0.3, -0.25) is 4.79 Å². The maximum absolute atomic E-state index is 12.6. The number of carbonyl (C=O) groups is 1. The molecule has 1 aromatic heterocycles. The summed E-state index contributed by atoms with van der Waals surface area (Å²) in [6, 6.07) is 7.56. The third-order valence-electron chi connectivity index (χ3n) is 5.52. The fraction of sp³-hybridized carbons (Fsp3) is 0.524. The molecule has 5 nitrogen and oxygen atoms in total. The minimum absolute atomic E-state index is 0.0888. The molecular weight excluding hydrogens is 328 g/mol. The van der Waals surface area contributed by atoms with Gasteiger partial charge in [-0.05, 0) is 50.8 Å². The van der Waals surface area contributed by atoms with E-state index in [4.69, 9.17) is 4.42 Å². The molecule has 26 heavy (non-hydrogen) atoms. The monoisotopic (exact) mass is 356 g/mol. The molecule has 0 radical (unpaired) electrons. The molecule has 1 aliphatic rings. The number of fused-ring (bicyclic) bond motifs is 1. The lowest BCUT2D eigenvalue weighted by Crippen LogP contribution is -2.42. The Morgan fingerprint density at radius 3 is 2.62 bits per heavy atom. The van der Waals surface area contributed by atoms with Crippen LogP contribution in [0.4, 0.5) is 5.69 Å². The molecule has 0 aliphatic heterocycles. The first kappa shape index (κ1) is 18.5. The van der Waals surface area contributed by atoms with E-state index in [2.05, 4.69) is 31.0 Å². The Labute approximate surface area is 154 Å². The molecule has 1 aliphatic carbocycles. The molecule has 1 saturated carbocycles.